The van der Waals surface area contributed by atoms with Crippen LogP contribution in [-0.2, 0) is 9.47 Å². The molecule has 2 aliphatic heterocycles. The van der Waals surface area contributed by atoms with Crippen LogP contribution in [0, 0.1) is 0 Å². The van der Waals surface area contributed by atoms with E-state index in [0.29, 0.717) is 0 Å². The minimum absolute atomic E-state index is 0.798. The molecule has 0 aromatic rings. The second-order valence-electron chi connectivity index (χ2n) is 5.58. The topological polar surface area (TPSA) is 43.2 Å². The van der Waals surface area contributed by atoms with Gasteiger partial charge in [-0.25, -0.2) is 0 Å². The number of nitrogens with zero attached hydrogens (tertiary/aromatic N) is 2. The molecule has 0 saturated carbocycles. The van der Waals surface area contributed by atoms with Gasteiger partial charge in [-0.1, -0.05) is 38.5 Å². The maximum Gasteiger partial charge on any atom is 0.183 e. The van der Waals surface area contributed by atoms with Crippen molar-refractivity contribution < 1.29 is 9.47 Å². The van der Waals surface area contributed by atoms with Crippen LogP contribution in [-0.4, -0.2) is 38.1 Å². The lowest BCUT2D eigenvalue weighted by molar-refractivity contribution is 0.336. The summed E-state index contributed by atoms with van der Waals surface area (Å²) in [6, 6.07) is 0. The molecule has 2 rings (SSSR count). The van der Waals surface area contributed by atoms with Gasteiger partial charge in [-0.2, -0.15) is 0 Å². The van der Waals surface area contributed by atoms with Crippen molar-refractivity contribution in [3.63, 3.8) is 0 Å². The largest absolute Gasteiger partial charge is 0.479 e. The van der Waals surface area contributed by atoms with Crippen LogP contribution in [0.4, 0.5) is 0 Å². The number of hydrogen-bond acceptors (Lipinski definition) is 4. The summed E-state index contributed by atoms with van der Waals surface area (Å²) >= 11 is 0. The van der Waals surface area contributed by atoms with Crippen molar-refractivity contribution in [2.45, 2.75) is 64.2 Å². The van der Waals surface area contributed by atoms with Crippen molar-refractivity contribution in [3.8, 4) is 0 Å². The van der Waals surface area contributed by atoms with E-state index < -0.39 is 0 Å². The van der Waals surface area contributed by atoms with Gasteiger partial charge in [-0.15, -0.1) is 0 Å². The highest BCUT2D eigenvalue weighted by Gasteiger charge is 2.06. The fourth-order valence-electron chi connectivity index (χ4n) is 2.67. The Labute approximate surface area is 122 Å². The van der Waals surface area contributed by atoms with Crippen molar-refractivity contribution in [3.05, 3.63) is 0 Å². The van der Waals surface area contributed by atoms with Gasteiger partial charge in [0, 0.05) is 12.8 Å². The molecule has 0 unspecified atom stereocenters. The first-order valence-corrected chi connectivity index (χ1v) is 8.27. The van der Waals surface area contributed by atoms with E-state index in [2.05, 4.69) is 9.98 Å². The van der Waals surface area contributed by atoms with Crippen LogP contribution >= 0.6 is 0 Å². The Bertz CT molecular complexity index is 294. The lowest BCUT2D eigenvalue weighted by Gasteiger charge is -2.03. The summed E-state index contributed by atoms with van der Waals surface area (Å²) in [5, 5.41) is 0. The number of rotatable bonds is 11. The maximum absolute atomic E-state index is 5.40. The fraction of sp³-hybridized carbons (Fsp3) is 0.875. The molecule has 0 radical (unpaired) electrons. The third-order valence-corrected chi connectivity index (χ3v) is 3.83. The molecule has 4 heteroatoms. The van der Waals surface area contributed by atoms with Crippen LogP contribution in [0.2, 0.25) is 0 Å². The summed E-state index contributed by atoms with van der Waals surface area (Å²) in [4.78, 5) is 8.62. The predicted molar refractivity (Wildman–Crippen MR) is 82.7 cm³/mol. The quantitative estimate of drug-likeness (QED) is 0.541. The van der Waals surface area contributed by atoms with Gasteiger partial charge in [-0.05, 0) is 12.8 Å². The molecular weight excluding hydrogens is 252 g/mol. The predicted octanol–water partition coefficient (Wildman–Crippen LogP) is 3.74. The van der Waals surface area contributed by atoms with Crippen molar-refractivity contribution in [1.82, 2.24) is 0 Å². The molecule has 0 aromatic heterocycles. The van der Waals surface area contributed by atoms with Gasteiger partial charge in [0.15, 0.2) is 11.8 Å². The SMILES string of the molecule is C(CCCCCC1=NCCO1)CCCCC1=NCCO1. The van der Waals surface area contributed by atoms with E-state index in [1.165, 1.54) is 51.4 Å². The number of hydrogen-bond donors (Lipinski definition) is 0. The first-order valence-electron chi connectivity index (χ1n) is 8.27. The van der Waals surface area contributed by atoms with E-state index in [-0.39, 0.29) is 0 Å². The molecule has 2 heterocycles. The molecular formula is C16H28N2O2. The molecule has 0 aromatic carbocycles. The zero-order valence-corrected chi connectivity index (χ0v) is 12.6. The Morgan fingerprint density at radius 1 is 0.600 bits per heavy atom. The molecule has 4 nitrogen and oxygen atoms in total. The van der Waals surface area contributed by atoms with E-state index in [1.807, 2.05) is 0 Å². The molecule has 0 saturated heterocycles. The number of ether oxygens (including phenoxy) is 2. The summed E-state index contributed by atoms with van der Waals surface area (Å²) in [6.07, 6.45) is 12.6. The monoisotopic (exact) mass is 280 g/mol. The summed E-state index contributed by atoms with van der Waals surface area (Å²) < 4.78 is 10.8. The lowest BCUT2D eigenvalue weighted by Crippen LogP contribution is -1.98. The van der Waals surface area contributed by atoms with Crippen LogP contribution < -0.4 is 0 Å². The zero-order valence-electron chi connectivity index (χ0n) is 12.6. The molecule has 0 amide bonds. The van der Waals surface area contributed by atoms with Gasteiger partial charge in [0.2, 0.25) is 0 Å². The number of unbranched alkanes of at least 4 members (excludes halogenated alkanes) is 7. The summed E-state index contributed by atoms with van der Waals surface area (Å²) in [5.74, 6) is 1.98. The molecule has 0 N–H and O–H groups in total. The summed E-state index contributed by atoms with van der Waals surface area (Å²) in [5.41, 5.74) is 0. The first kappa shape index (κ1) is 15.3. The van der Waals surface area contributed by atoms with Crippen LogP contribution in [0.15, 0.2) is 9.98 Å². The molecule has 2 aliphatic rings. The molecule has 0 aliphatic carbocycles. The van der Waals surface area contributed by atoms with Crippen molar-refractivity contribution >= 4 is 11.8 Å². The third kappa shape index (κ3) is 6.40. The Balaban J connectivity index is 1.30. The summed E-state index contributed by atoms with van der Waals surface area (Å²) in [6.45, 7) is 3.33. The van der Waals surface area contributed by atoms with Crippen LogP contribution in [0.1, 0.15) is 64.2 Å². The fourth-order valence-corrected chi connectivity index (χ4v) is 2.67. The lowest BCUT2D eigenvalue weighted by atomic mass is 10.1. The van der Waals surface area contributed by atoms with Crippen LogP contribution in [0.25, 0.3) is 0 Å². The van der Waals surface area contributed by atoms with E-state index in [4.69, 9.17) is 9.47 Å². The van der Waals surface area contributed by atoms with Crippen LogP contribution in [0.5, 0.6) is 0 Å². The average Bonchev–Trinajstić information content (AvgIpc) is 3.14. The molecule has 0 bridgehead atoms. The minimum atomic E-state index is 0.798. The molecule has 20 heavy (non-hydrogen) atoms. The second-order valence-corrected chi connectivity index (χ2v) is 5.58. The van der Waals surface area contributed by atoms with Gasteiger partial charge < -0.3 is 9.47 Å². The van der Waals surface area contributed by atoms with Gasteiger partial charge in [-0.3, -0.25) is 9.98 Å². The van der Waals surface area contributed by atoms with Crippen LogP contribution in [0.3, 0.4) is 0 Å². The highest BCUT2D eigenvalue weighted by Crippen LogP contribution is 2.13. The van der Waals surface area contributed by atoms with Crippen molar-refractivity contribution in [1.29, 1.82) is 0 Å². The van der Waals surface area contributed by atoms with E-state index in [9.17, 15) is 0 Å². The van der Waals surface area contributed by atoms with E-state index in [0.717, 1.165) is 50.9 Å². The van der Waals surface area contributed by atoms with Gasteiger partial charge >= 0.3 is 0 Å². The molecule has 0 spiro atoms. The van der Waals surface area contributed by atoms with Gasteiger partial charge in [0.1, 0.15) is 13.2 Å². The average molecular weight is 280 g/mol. The molecule has 0 fully saturated rings. The van der Waals surface area contributed by atoms with Crippen molar-refractivity contribution in [2.75, 3.05) is 26.3 Å². The third-order valence-electron chi connectivity index (χ3n) is 3.83. The van der Waals surface area contributed by atoms with Gasteiger partial charge in [0.05, 0.1) is 13.1 Å². The second kappa shape index (κ2) is 9.78. The Kier molecular flexibility index (Phi) is 7.50. The van der Waals surface area contributed by atoms with Crippen molar-refractivity contribution in [2.24, 2.45) is 9.98 Å². The number of aliphatic imine (C=N–C) groups is 2. The summed E-state index contributed by atoms with van der Waals surface area (Å²) in [7, 11) is 0. The normalized spacial score (nSPS) is 17.6. The first-order chi connectivity index (χ1) is 9.95. The zero-order chi connectivity index (χ0) is 13.9. The highest BCUT2D eigenvalue weighted by molar-refractivity contribution is 5.77. The van der Waals surface area contributed by atoms with E-state index >= 15 is 0 Å². The molecule has 114 valence electrons. The highest BCUT2D eigenvalue weighted by atomic mass is 16.5. The maximum atomic E-state index is 5.40. The Morgan fingerprint density at radius 2 is 1.00 bits per heavy atom. The Morgan fingerprint density at radius 3 is 1.35 bits per heavy atom. The molecule has 0 atom stereocenters. The Hall–Kier alpha value is -1.06. The van der Waals surface area contributed by atoms with E-state index in [1.54, 1.807) is 0 Å². The standard InChI is InChI=1S/C16H28N2O2/c1(3-5-7-9-15-17-11-13-19-15)2-4-6-8-10-16-18-12-14-20-16/h1-14H2. The smallest absolute Gasteiger partial charge is 0.183 e. The minimum Gasteiger partial charge on any atom is -0.479 e. The van der Waals surface area contributed by atoms with Gasteiger partial charge in [0.25, 0.3) is 0 Å².